The van der Waals surface area contributed by atoms with Crippen molar-refractivity contribution in [3.05, 3.63) is 202 Å². The molecule has 7 aromatic carbocycles. The van der Waals surface area contributed by atoms with Crippen LogP contribution in [0.3, 0.4) is 0 Å². The standard InChI is InChI=1S/C81H94BNS/c1-17-78(13)36-24-26-39-81(78,16)64-47-59(75(6,7)8)48-67-61(64)44-57-42-53(51-79(14)37-25-27-38-80(79,15)63-45-56(33-32-52(63)2)54-28-20-18-21-29-54)43-69-71(57)82(67)73-72(62-49-65-66(50-70(62)84-73)77(11,12)41-40-76(65,9)10)83(69)68-35-34-58(74(3,4)5)46-60(68)55-30-22-19-23-31-55/h17-23,28-35,42-43,45-50H,1,24-27,36-41,44,51H2,2-16H3. The van der Waals surface area contributed by atoms with E-state index in [9.17, 15) is 0 Å². The quantitative estimate of drug-likeness (QED) is 0.108. The molecule has 1 aromatic heterocycles. The van der Waals surface area contributed by atoms with Crippen LogP contribution >= 0.6 is 11.3 Å². The molecule has 0 N–H and O–H groups in total. The molecule has 0 radical (unpaired) electrons. The summed E-state index contributed by atoms with van der Waals surface area (Å²) in [7, 11) is 0. The molecule has 5 aliphatic rings. The lowest BCUT2D eigenvalue weighted by Crippen LogP contribution is -2.61. The summed E-state index contributed by atoms with van der Waals surface area (Å²) in [6, 6.07) is 53.7. The number of fused-ring (bicyclic) bond motifs is 7. The van der Waals surface area contributed by atoms with Crippen LogP contribution in [-0.4, -0.2) is 6.71 Å². The molecule has 0 saturated heterocycles. The van der Waals surface area contributed by atoms with Gasteiger partial charge in [0.15, 0.2) is 0 Å². The topological polar surface area (TPSA) is 3.24 Å². The maximum Gasteiger partial charge on any atom is 0.260 e. The molecule has 4 unspecified atom stereocenters. The van der Waals surface area contributed by atoms with Crippen molar-refractivity contribution in [1.29, 1.82) is 0 Å². The van der Waals surface area contributed by atoms with Crippen molar-refractivity contribution in [2.24, 2.45) is 10.8 Å². The first-order valence-corrected chi connectivity index (χ1v) is 33.3. The van der Waals surface area contributed by atoms with E-state index >= 15 is 0 Å². The van der Waals surface area contributed by atoms with Gasteiger partial charge < -0.3 is 4.90 Å². The fourth-order valence-electron chi connectivity index (χ4n) is 17.3. The van der Waals surface area contributed by atoms with E-state index in [2.05, 4.69) is 266 Å². The van der Waals surface area contributed by atoms with Crippen molar-refractivity contribution in [2.75, 3.05) is 4.90 Å². The summed E-state index contributed by atoms with van der Waals surface area (Å²) < 4.78 is 2.93. The molecular weight excluding hydrogens is 1030 g/mol. The minimum Gasteiger partial charge on any atom is -0.309 e. The predicted octanol–water partition coefficient (Wildman–Crippen LogP) is 20.8. The van der Waals surface area contributed by atoms with Crippen LogP contribution in [0.15, 0.2) is 146 Å². The van der Waals surface area contributed by atoms with Gasteiger partial charge in [0, 0.05) is 31.5 Å². The van der Waals surface area contributed by atoms with Crippen LogP contribution in [-0.2, 0) is 45.3 Å². The van der Waals surface area contributed by atoms with Gasteiger partial charge in [-0.05, 0) is 204 Å². The number of hydrogen-bond donors (Lipinski definition) is 0. The van der Waals surface area contributed by atoms with Crippen molar-refractivity contribution in [2.45, 2.75) is 213 Å². The van der Waals surface area contributed by atoms with Crippen molar-refractivity contribution >= 4 is 60.9 Å². The summed E-state index contributed by atoms with van der Waals surface area (Å²) in [5, 5.41) is 1.41. The number of aryl methyl sites for hydroxylation is 1. The largest absolute Gasteiger partial charge is 0.309 e. The number of allylic oxidation sites excluding steroid dienone is 1. The van der Waals surface area contributed by atoms with Crippen molar-refractivity contribution in [3.63, 3.8) is 0 Å². The first-order valence-electron chi connectivity index (χ1n) is 32.4. The van der Waals surface area contributed by atoms with E-state index < -0.39 is 0 Å². The molecule has 432 valence electrons. The van der Waals surface area contributed by atoms with Gasteiger partial charge in [-0.3, -0.25) is 0 Å². The average molecular weight is 1120 g/mol. The fraction of sp³-hybridized carbons (Fsp3) is 0.432. The van der Waals surface area contributed by atoms with Crippen LogP contribution in [0.25, 0.3) is 32.3 Å². The van der Waals surface area contributed by atoms with E-state index in [0.29, 0.717) is 0 Å². The Kier molecular flexibility index (Phi) is 13.5. The fourth-order valence-corrected chi connectivity index (χ4v) is 18.7. The van der Waals surface area contributed by atoms with Gasteiger partial charge in [0.2, 0.25) is 0 Å². The molecule has 1 nitrogen and oxygen atoms in total. The van der Waals surface area contributed by atoms with Gasteiger partial charge in [0.1, 0.15) is 0 Å². The van der Waals surface area contributed by atoms with Crippen LogP contribution in [0.2, 0.25) is 0 Å². The molecule has 13 rings (SSSR count). The third-order valence-electron chi connectivity index (χ3n) is 23.4. The third-order valence-corrected chi connectivity index (χ3v) is 24.7. The molecule has 2 fully saturated rings. The van der Waals surface area contributed by atoms with Gasteiger partial charge in [0.05, 0.1) is 11.4 Å². The summed E-state index contributed by atoms with van der Waals surface area (Å²) >= 11 is 2.11. The van der Waals surface area contributed by atoms with Gasteiger partial charge in [-0.1, -0.05) is 237 Å². The van der Waals surface area contributed by atoms with Crippen LogP contribution in [0, 0.1) is 17.8 Å². The smallest absolute Gasteiger partial charge is 0.260 e. The molecule has 8 aromatic rings. The Bertz CT molecular complexity index is 3930. The Morgan fingerprint density at radius 2 is 1.19 bits per heavy atom. The lowest BCUT2D eigenvalue weighted by molar-refractivity contribution is 0.0874. The lowest BCUT2D eigenvalue weighted by Gasteiger charge is -2.52. The van der Waals surface area contributed by atoms with E-state index in [0.717, 1.165) is 12.8 Å². The van der Waals surface area contributed by atoms with E-state index in [4.69, 9.17) is 0 Å². The molecule has 4 atom stereocenters. The number of nitrogens with zero attached hydrogens (tertiary/aromatic N) is 1. The lowest BCUT2D eigenvalue weighted by atomic mass is 9.33. The number of rotatable bonds is 8. The molecule has 3 aliphatic carbocycles. The van der Waals surface area contributed by atoms with Gasteiger partial charge in [0.25, 0.3) is 6.71 Å². The maximum absolute atomic E-state index is 4.67. The number of thiophene rings is 1. The molecule has 0 spiro atoms. The van der Waals surface area contributed by atoms with Gasteiger partial charge in [-0.2, -0.15) is 0 Å². The highest BCUT2D eigenvalue weighted by Gasteiger charge is 2.52. The maximum atomic E-state index is 4.67. The Morgan fingerprint density at radius 1 is 0.560 bits per heavy atom. The molecule has 3 heterocycles. The van der Waals surface area contributed by atoms with Crippen LogP contribution < -0.4 is 20.6 Å². The number of anilines is 3. The normalized spacial score (nSPS) is 24.3. The molecule has 84 heavy (non-hydrogen) atoms. The van der Waals surface area contributed by atoms with Gasteiger partial charge in [-0.25, -0.2) is 0 Å². The van der Waals surface area contributed by atoms with Crippen LogP contribution in [0.4, 0.5) is 17.1 Å². The van der Waals surface area contributed by atoms with Crippen LogP contribution in [0.1, 0.15) is 217 Å². The summed E-state index contributed by atoms with van der Waals surface area (Å²) in [5.41, 5.74) is 27.2. The summed E-state index contributed by atoms with van der Waals surface area (Å²) in [4.78, 5) is 2.85. The first-order chi connectivity index (χ1) is 39.7. The molecule has 2 saturated carbocycles. The second-order valence-corrected chi connectivity index (χ2v) is 32.7. The predicted molar refractivity (Wildman–Crippen MR) is 367 cm³/mol. The van der Waals surface area contributed by atoms with Crippen LogP contribution in [0.5, 0.6) is 0 Å². The Morgan fingerprint density at radius 3 is 1.86 bits per heavy atom. The molecule has 3 heteroatoms. The average Bonchev–Trinajstić information content (AvgIpc) is 1.28. The van der Waals surface area contributed by atoms with E-state index in [-0.39, 0.29) is 50.0 Å². The third kappa shape index (κ3) is 8.94. The zero-order chi connectivity index (χ0) is 59.3. The minimum absolute atomic E-state index is 0.00683. The second kappa shape index (κ2) is 19.8. The Hall–Kier alpha value is -5.90. The van der Waals surface area contributed by atoms with Crippen molar-refractivity contribution < 1.29 is 0 Å². The monoisotopic (exact) mass is 1120 g/mol. The molecule has 2 aliphatic heterocycles. The number of hydrogen-bond acceptors (Lipinski definition) is 2. The van der Waals surface area contributed by atoms with Gasteiger partial charge >= 0.3 is 0 Å². The SMILES string of the molecule is C=CC1(C)CCCCC1(C)c1cc(C(C)(C)C)cc2c1Cc1cc(CC3(C)CCCCC3(C)c3cc(-c4ccccc4)ccc3C)cc3c1B2c1sc2cc4c(cc2c1N3c1ccc(C(C)(C)C)cc1-c1ccccc1)C(C)(C)CCC4(C)C. The molecular formula is C81H94BNS. The highest BCUT2D eigenvalue weighted by molar-refractivity contribution is 7.33. The van der Waals surface area contributed by atoms with E-state index in [1.165, 1.54) is 163 Å². The zero-order valence-electron chi connectivity index (χ0n) is 53.9. The minimum atomic E-state index is -0.0703. The summed E-state index contributed by atoms with van der Waals surface area (Å²) in [6.07, 6.45) is 16.4. The van der Waals surface area contributed by atoms with E-state index in [1.54, 1.807) is 22.2 Å². The Balaban J connectivity index is 1.13. The summed E-state index contributed by atoms with van der Waals surface area (Å²) in [5.74, 6) is 0. The van der Waals surface area contributed by atoms with Gasteiger partial charge in [-0.15, -0.1) is 17.9 Å². The zero-order valence-corrected chi connectivity index (χ0v) is 54.7. The second-order valence-electron chi connectivity index (χ2n) is 31.6. The number of benzene rings is 7. The Labute approximate surface area is 510 Å². The molecule has 0 bridgehead atoms. The highest BCUT2D eigenvalue weighted by Crippen LogP contribution is 2.59. The van der Waals surface area contributed by atoms with Crippen molar-refractivity contribution in [3.8, 4) is 22.3 Å². The summed E-state index contributed by atoms with van der Waals surface area (Å²) in [6.45, 7) is 42.2. The van der Waals surface area contributed by atoms with Crippen molar-refractivity contribution in [1.82, 2.24) is 0 Å². The van der Waals surface area contributed by atoms with E-state index in [1.807, 2.05) is 0 Å². The molecule has 0 amide bonds. The highest BCUT2D eigenvalue weighted by atomic mass is 32.1. The first kappa shape index (κ1) is 57.2.